The van der Waals surface area contributed by atoms with Crippen LogP contribution in [0.1, 0.15) is 46.9 Å². The fourth-order valence-corrected chi connectivity index (χ4v) is 2.15. The molecule has 1 unspecified atom stereocenters. The third kappa shape index (κ3) is 5.95. The van der Waals surface area contributed by atoms with E-state index in [0.717, 1.165) is 0 Å². The first-order chi connectivity index (χ1) is 15.8. The summed E-state index contributed by atoms with van der Waals surface area (Å²) in [6.07, 6.45) is -3.50. The largest absolute Gasteiger partial charge is 0.493 e. The van der Waals surface area contributed by atoms with E-state index in [4.69, 9.17) is 25.2 Å². The van der Waals surface area contributed by atoms with Crippen LogP contribution in [0.5, 0.6) is 17.2 Å². The summed E-state index contributed by atoms with van der Waals surface area (Å²) in [5.41, 5.74) is 1.04. The fraction of sp³-hybridized carbons (Fsp3) is 0.455. The van der Waals surface area contributed by atoms with Crippen molar-refractivity contribution in [2.24, 2.45) is 0 Å². The number of methoxy groups -OCH3 is 2. The maximum absolute atomic E-state index is 10.3. The first-order valence-corrected chi connectivity index (χ1v) is 8.35. The highest BCUT2D eigenvalue weighted by Crippen LogP contribution is 2.28. The molecule has 0 aliphatic carbocycles. The van der Waals surface area contributed by atoms with Crippen LogP contribution in [-0.4, -0.2) is 32.0 Å². The van der Waals surface area contributed by atoms with Crippen molar-refractivity contribution in [1.82, 2.24) is 0 Å². The number of ether oxygens (including phenoxy) is 3. The molecule has 0 saturated carbocycles. The number of aliphatic hydroxyl groups excluding tert-OH is 1. The highest BCUT2D eigenvalue weighted by atomic mass is 16.5. The molecule has 1 atom stereocenters. The average Bonchev–Trinajstić information content (AvgIpc) is 2.80. The minimum Gasteiger partial charge on any atom is -0.493 e. The van der Waals surface area contributed by atoms with E-state index in [1.807, 2.05) is 0 Å². The maximum atomic E-state index is 10.3. The minimum atomic E-state index is -1.91. The van der Waals surface area contributed by atoms with E-state index in [1.165, 1.54) is 14.2 Å². The number of hydrogen-bond donors (Lipinski definition) is 1. The molecule has 2 rings (SSSR count). The van der Waals surface area contributed by atoms with Crippen molar-refractivity contribution in [3.63, 3.8) is 0 Å². The Hall–Kier alpha value is -2.20. The van der Waals surface area contributed by atoms with Crippen molar-refractivity contribution in [3.8, 4) is 17.2 Å². The van der Waals surface area contributed by atoms with Gasteiger partial charge < -0.3 is 19.3 Å². The summed E-state index contributed by atoms with van der Waals surface area (Å²) in [6, 6.07) is -1.14. The Morgan fingerprint density at radius 2 is 1.81 bits per heavy atom. The van der Waals surface area contributed by atoms with Crippen LogP contribution >= 0.6 is 0 Å². The van der Waals surface area contributed by atoms with Crippen LogP contribution in [0.15, 0.2) is 36.3 Å². The van der Waals surface area contributed by atoms with Crippen molar-refractivity contribution in [2.75, 3.05) is 20.8 Å². The van der Waals surface area contributed by atoms with Crippen LogP contribution in [0.2, 0.25) is 0 Å². The zero-order valence-electron chi connectivity index (χ0n) is 23.6. The Labute approximate surface area is 168 Å². The number of aliphatic hydroxyl groups is 1. The first-order valence-electron chi connectivity index (χ1n) is 12.4. The van der Waals surface area contributed by atoms with Crippen molar-refractivity contribution in [1.29, 1.82) is 0 Å². The molecule has 0 saturated heterocycles. The Bertz CT molecular complexity index is 1030. The van der Waals surface area contributed by atoms with Gasteiger partial charge in [0.1, 0.15) is 12.4 Å². The van der Waals surface area contributed by atoms with Gasteiger partial charge in [-0.2, -0.15) is 0 Å². The zero-order chi connectivity index (χ0) is 26.0. The molecule has 0 fully saturated rings. The van der Waals surface area contributed by atoms with Crippen LogP contribution in [-0.2, 0) is 6.42 Å². The van der Waals surface area contributed by atoms with Gasteiger partial charge in [-0.15, -0.1) is 0 Å². The Balaban J connectivity index is 2.10. The number of rotatable bonds is 10. The third-order valence-corrected chi connectivity index (χ3v) is 3.81. The summed E-state index contributed by atoms with van der Waals surface area (Å²) < 4.78 is 80.9. The molecule has 1 N–H and O–H groups in total. The monoisotopic (exact) mass is 366 g/mol. The van der Waals surface area contributed by atoms with E-state index >= 15 is 0 Å². The van der Waals surface area contributed by atoms with Crippen molar-refractivity contribution in [2.45, 2.75) is 45.6 Å². The predicted octanol–water partition coefficient (Wildman–Crippen LogP) is 4.47. The van der Waals surface area contributed by atoms with E-state index in [-0.39, 0.29) is 84.9 Å². The molecule has 142 valence electrons. The minimum absolute atomic E-state index is 0.00851. The van der Waals surface area contributed by atoms with Gasteiger partial charge >= 0.3 is 0 Å². The smallest absolute Gasteiger partial charge is 0.160 e. The molecule has 4 nitrogen and oxygen atoms in total. The number of hydrogen-bond acceptors (Lipinski definition) is 4. The molecule has 2 aromatic rings. The van der Waals surface area contributed by atoms with Crippen molar-refractivity contribution >= 4 is 0 Å². The van der Waals surface area contributed by atoms with Crippen LogP contribution in [0.25, 0.3) is 0 Å². The molecule has 0 heterocycles. The Morgan fingerprint density at radius 3 is 2.54 bits per heavy atom. The van der Waals surface area contributed by atoms with E-state index in [9.17, 15) is 5.11 Å². The topological polar surface area (TPSA) is 47.9 Å². The van der Waals surface area contributed by atoms with E-state index < -0.39 is 12.5 Å². The van der Waals surface area contributed by atoms with E-state index in [1.54, 1.807) is 13.8 Å². The molecule has 0 aliphatic heterocycles. The van der Waals surface area contributed by atoms with Gasteiger partial charge in [0.25, 0.3) is 0 Å². The molecule has 0 aromatic heterocycles. The fourth-order valence-electron chi connectivity index (χ4n) is 2.15. The molecule has 0 amide bonds. The highest BCUT2D eigenvalue weighted by molar-refractivity contribution is 5.42. The lowest BCUT2D eigenvalue weighted by Crippen LogP contribution is -2.17. The molecular formula is C22H30O4. The second-order valence-corrected chi connectivity index (χ2v) is 5.80. The SMILES string of the molecule is [2H]c1c([2H])c(OCC(O)CCC([2H])([2H])Cc2c([2H])c([2H])c(OC)c(OC)c2[2H])c([2H])c(C)c1C. The normalized spacial score (nSPS) is 16.8. The Morgan fingerprint density at radius 1 is 1.04 bits per heavy atom. The summed E-state index contributed by atoms with van der Waals surface area (Å²) in [7, 11) is 2.60. The lowest BCUT2D eigenvalue weighted by atomic mass is 10.0. The quantitative estimate of drug-likeness (QED) is 0.674. The average molecular weight is 367 g/mol. The van der Waals surface area contributed by atoms with Gasteiger partial charge in [-0.3, -0.25) is 0 Å². The summed E-state index contributed by atoms with van der Waals surface area (Å²) in [5.74, 6) is -0.192. The lowest BCUT2D eigenvalue weighted by Gasteiger charge is -2.13. The van der Waals surface area contributed by atoms with Gasteiger partial charge in [0, 0.05) is 2.74 Å². The maximum Gasteiger partial charge on any atom is 0.160 e. The summed E-state index contributed by atoms with van der Waals surface area (Å²) in [5, 5.41) is 10.3. The van der Waals surface area contributed by atoms with Crippen molar-refractivity contribution < 1.29 is 30.3 Å². The van der Waals surface area contributed by atoms with Gasteiger partial charge in [0.15, 0.2) is 11.5 Å². The van der Waals surface area contributed by atoms with Crippen LogP contribution in [0.4, 0.5) is 0 Å². The van der Waals surface area contributed by atoms with Crippen LogP contribution in [0, 0.1) is 13.8 Å². The standard InChI is InChI=1S/C22H30O4/c1-16-9-11-20(13-17(16)2)26-15-19(23)8-6-5-7-18-10-12-21(24-3)22(14-18)25-4/h9-14,19,23H,5-8,15H2,1-4H3/i5D2,9D,10D,11D,12D,13D,14D. The summed E-state index contributed by atoms with van der Waals surface area (Å²) >= 11 is 0. The molecule has 26 heavy (non-hydrogen) atoms. The second kappa shape index (κ2) is 10.1. The number of benzene rings is 2. The molecule has 0 bridgehead atoms. The predicted molar refractivity (Wildman–Crippen MR) is 105 cm³/mol. The first kappa shape index (κ1) is 11.5. The molecule has 2 aromatic carbocycles. The van der Waals surface area contributed by atoms with E-state index in [2.05, 4.69) is 0 Å². The van der Waals surface area contributed by atoms with Gasteiger partial charge in [-0.05, 0) is 73.9 Å². The summed E-state index contributed by atoms with van der Waals surface area (Å²) in [4.78, 5) is 0. The van der Waals surface area contributed by atoms with Gasteiger partial charge in [0.05, 0.1) is 28.5 Å². The van der Waals surface area contributed by atoms with Gasteiger partial charge in [-0.25, -0.2) is 0 Å². The third-order valence-electron chi connectivity index (χ3n) is 3.81. The second-order valence-electron chi connectivity index (χ2n) is 5.80. The molecule has 0 aliphatic rings. The van der Waals surface area contributed by atoms with E-state index in [0.29, 0.717) is 11.1 Å². The molecule has 4 heteroatoms. The van der Waals surface area contributed by atoms with Crippen LogP contribution < -0.4 is 14.2 Å². The summed E-state index contributed by atoms with van der Waals surface area (Å²) in [6.45, 7) is 3.03. The zero-order valence-corrected chi connectivity index (χ0v) is 15.6. The van der Waals surface area contributed by atoms with Crippen molar-refractivity contribution in [3.05, 3.63) is 52.9 Å². The van der Waals surface area contributed by atoms with Gasteiger partial charge in [0.2, 0.25) is 0 Å². The molecular weight excluding hydrogens is 328 g/mol. The van der Waals surface area contributed by atoms with Crippen LogP contribution in [0.3, 0.4) is 0 Å². The molecule has 0 spiro atoms. The Kier molecular flexibility index (Phi) is 4.45. The van der Waals surface area contributed by atoms with Gasteiger partial charge in [-0.1, -0.05) is 18.5 Å². The molecule has 0 radical (unpaired) electrons. The highest BCUT2D eigenvalue weighted by Gasteiger charge is 2.07. The lowest BCUT2D eigenvalue weighted by molar-refractivity contribution is 0.0976.